The number of hydrogen-bond acceptors (Lipinski definition) is 6. The van der Waals surface area contributed by atoms with E-state index in [1.54, 1.807) is 39.0 Å². The highest BCUT2D eigenvalue weighted by Crippen LogP contribution is 2.35. The third-order valence-electron chi connectivity index (χ3n) is 4.82. The average molecular weight is 387 g/mol. The molecule has 0 saturated heterocycles. The van der Waals surface area contributed by atoms with Crippen LogP contribution in [0.2, 0.25) is 0 Å². The van der Waals surface area contributed by atoms with Crippen LogP contribution in [0.1, 0.15) is 52.9 Å². The van der Waals surface area contributed by atoms with E-state index in [2.05, 4.69) is 0 Å². The predicted octanol–water partition coefficient (Wildman–Crippen LogP) is 3.68. The number of benzene rings is 1. The molecule has 0 saturated carbocycles. The van der Waals surface area contributed by atoms with Gasteiger partial charge in [0.2, 0.25) is 12.6 Å². The van der Waals surface area contributed by atoms with Gasteiger partial charge in [0.1, 0.15) is 11.4 Å². The monoisotopic (exact) mass is 387 g/mol. The molecule has 1 atom stereocenters. The van der Waals surface area contributed by atoms with Crippen LogP contribution in [0.5, 0.6) is 17.2 Å². The van der Waals surface area contributed by atoms with Gasteiger partial charge in [0, 0.05) is 23.9 Å². The lowest BCUT2D eigenvalue weighted by atomic mass is 10.0. The molecule has 0 fully saturated rings. The first-order valence-electron chi connectivity index (χ1n) is 9.36. The smallest absolute Gasteiger partial charge is 0.355 e. The van der Waals surface area contributed by atoms with E-state index < -0.39 is 12.1 Å². The number of ketones is 1. The Bertz CT molecular complexity index is 914. The summed E-state index contributed by atoms with van der Waals surface area (Å²) >= 11 is 0. The SMILES string of the molecule is CCOC(=O)c1c(C)c(C(=O)[C@@H](C)Oc2ccc3c(c2)OCO3)c(C)n1CC. The third kappa shape index (κ3) is 3.44. The summed E-state index contributed by atoms with van der Waals surface area (Å²) in [5, 5.41) is 0. The fraction of sp³-hybridized carbons (Fsp3) is 0.429. The molecule has 0 amide bonds. The van der Waals surface area contributed by atoms with E-state index in [1.165, 1.54) is 0 Å². The second-order valence-electron chi connectivity index (χ2n) is 6.54. The number of hydrogen-bond donors (Lipinski definition) is 0. The van der Waals surface area contributed by atoms with Crippen LogP contribution < -0.4 is 14.2 Å². The largest absolute Gasteiger partial charge is 0.482 e. The quantitative estimate of drug-likeness (QED) is 0.533. The van der Waals surface area contributed by atoms with Crippen molar-refractivity contribution < 1.29 is 28.5 Å². The molecule has 3 rings (SSSR count). The van der Waals surface area contributed by atoms with Gasteiger partial charge in [-0.1, -0.05) is 0 Å². The van der Waals surface area contributed by atoms with Crippen molar-refractivity contribution in [2.75, 3.05) is 13.4 Å². The second-order valence-corrected chi connectivity index (χ2v) is 6.54. The maximum Gasteiger partial charge on any atom is 0.355 e. The number of aromatic nitrogens is 1. The van der Waals surface area contributed by atoms with Crippen LogP contribution in [-0.4, -0.2) is 35.8 Å². The molecule has 7 heteroatoms. The number of Topliss-reactive ketones (excluding diaryl/α,β-unsaturated/α-hetero) is 1. The number of fused-ring (bicyclic) bond motifs is 1. The second kappa shape index (κ2) is 7.96. The minimum Gasteiger partial charge on any atom is -0.482 e. The highest BCUT2D eigenvalue weighted by Gasteiger charge is 2.30. The van der Waals surface area contributed by atoms with Gasteiger partial charge in [-0.05, 0) is 52.3 Å². The van der Waals surface area contributed by atoms with Crippen LogP contribution in [0.3, 0.4) is 0 Å². The minimum absolute atomic E-state index is 0.173. The summed E-state index contributed by atoms with van der Waals surface area (Å²) in [6.45, 7) is 9.99. The summed E-state index contributed by atoms with van der Waals surface area (Å²) in [5.41, 5.74) is 2.26. The highest BCUT2D eigenvalue weighted by atomic mass is 16.7. The number of esters is 1. The van der Waals surface area contributed by atoms with Crippen molar-refractivity contribution in [3.05, 3.63) is 40.7 Å². The molecule has 0 N–H and O–H groups in total. The number of carbonyl (C=O) groups excluding carboxylic acids is 2. The van der Waals surface area contributed by atoms with E-state index in [1.807, 2.05) is 18.4 Å². The van der Waals surface area contributed by atoms with Crippen molar-refractivity contribution in [3.63, 3.8) is 0 Å². The molecule has 1 aromatic carbocycles. The van der Waals surface area contributed by atoms with Gasteiger partial charge in [-0.3, -0.25) is 4.79 Å². The molecule has 0 unspecified atom stereocenters. The lowest BCUT2D eigenvalue weighted by Crippen LogP contribution is -2.25. The third-order valence-corrected chi connectivity index (χ3v) is 4.82. The van der Waals surface area contributed by atoms with Gasteiger partial charge < -0.3 is 23.5 Å². The first-order chi connectivity index (χ1) is 13.4. The summed E-state index contributed by atoms with van der Waals surface area (Å²) in [7, 11) is 0. The van der Waals surface area contributed by atoms with Gasteiger partial charge in [0.05, 0.1) is 6.61 Å². The highest BCUT2D eigenvalue weighted by molar-refractivity contribution is 6.05. The van der Waals surface area contributed by atoms with Crippen LogP contribution in [-0.2, 0) is 11.3 Å². The molecule has 2 heterocycles. The van der Waals surface area contributed by atoms with E-state index in [9.17, 15) is 9.59 Å². The van der Waals surface area contributed by atoms with Gasteiger partial charge in [-0.2, -0.15) is 0 Å². The van der Waals surface area contributed by atoms with Gasteiger partial charge in [0.15, 0.2) is 17.6 Å². The minimum atomic E-state index is -0.736. The van der Waals surface area contributed by atoms with E-state index in [-0.39, 0.29) is 19.2 Å². The van der Waals surface area contributed by atoms with Crippen LogP contribution in [0.4, 0.5) is 0 Å². The Balaban J connectivity index is 1.88. The van der Waals surface area contributed by atoms with E-state index in [0.29, 0.717) is 40.6 Å². The maximum atomic E-state index is 13.1. The number of rotatable bonds is 7. The first kappa shape index (κ1) is 19.8. The molecule has 1 aromatic heterocycles. The lowest BCUT2D eigenvalue weighted by molar-refractivity contribution is 0.0512. The molecule has 1 aliphatic rings. The number of ether oxygens (including phenoxy) is 4. The molecule has 2 aromatic rings. The summed E-state index contributed by atoms with van der Waals surface area (Å²) in [6, 6.07) is 5.18. The summed E-state index contributed by atoms with van der Waals surface area (Å²) < 4.78 is 23.5. The van der Waals surface area contributed by atoms with Gasteiger partial charge >= 0.3 is 5.97 Å². The fourth-order valence-electron chi connectivity index (χ4n) is 3.53. The zero-order valence-electron chi connectivity index (χ0n) is 16.8. The Hall–Kier alpha value is -2.96. The van der Waals surface area contributed by atoms with Crippen LogP contribution in [0, 0.1) is 13.8 Å². The molecule has 1 aliphatic heterocycles. The van der Waals surface area contributed by atoms with E-state index >= 15 is 0 Å². The Morgan fingerprint density at radius 3 is 2.57 bits per heavy atom. The summed E-state index contributed by atoms with van der Waals surface area (Å²) in [4.78, 5) is 25.5. The Labute approximate surface area is 164 Å². The van der Waals surface area contributed by atoms with Crippen molar-refractivity contribution in [2.45, 2.75) is 47.3 Å². The normalized spacial score (nSPS) is 13.3. The Morgan fingerprint density at radius 1 is 1.18 bits per heavy atom. The lowest BCUT2D eigenvalue weighted by Gasteiger charge is -2.15. The van der Waals surface area contributed by atoms with Crippen molar-refractivity contribution in [1.82, 2.24) is 4.57 Å². The zero-order valence-corrected chi connectivity index (χ0v) is 16.8. The number of nitrogens with zero attached hydrogens (tertiary/aromatic N) is 1. The van der Waals surface area contributed by atoms with E-state index in [0.717, 1.165) is 5.69 Å². The molecular formula is C21H25NO6. The number of carbonyl (C=O) groups is 2. The Kier molecular flexibility index (Phi) is 5.63. The average Bonchev–Trinajstić information content (AvgIpc) is 3.22. The maximum absolute atomic E-state index is 13.1. The van der Waals surface area contributed by atoms with Crippen molar-refractivity contribution in [1.29, 1.82) is 0 Å². The van der Waals surface area contributed by atoms with Crippen molar-refractivity contribution >= 4 is 11.8 Å². The molecule has 150 valence electrons. The van der Waals surface area contributed by atoms with Gasteiger partial charge in [0.25, 0.3) is 0 Å². The van der Waals surface area contributed by atoms with E-state index in [4.69, 9.17) is 18.9 Å². The molecular weight excluding hydrogens is 362 g/mol. The van der Waals surface area contributed by atoms with Crippen LogP contribution >= 0.6 is 0 Å². The van der Waals surface area contributed by atoms with Crippen LogP contribution in [0.15, 0.2) is 18.2 Å². The molecule has 7 nitrogen and oxygen atoms in total. The first-order valence-corrected chi connectivity index (χ1v) is 9.36. The fourth-order valence-corrected chi connectivity index (χ4v) is 3.53. The molecule has 28 heavy (non-hydrogen) atoms. The summed E-state index contributed by atoms with van der Waals surface area (Å²) in [6.07, 6.45) is -0.736. The zero-order chi connectivity index (χ0) is 20.4. The van der Waals surface area contributed by atoms with Gasteiger partial charge in [-0.25, -0.2) is 4.79 Å². The topological polar surface area (TPSA) is 76.0 Å². The molecule has 0 bridgehead atoms. The van der Waals surface area contributed by atoms with Crippen molar-refractivity contribution in [2.24, 2.45) is 0 Å². The molecule has 0 radical (unpaired) electrons. The predicted molar refractivity (Wildman–Crippen MR) is 103 cm³/mol. The molecule has 0 aliphatic carbocycles. The van der Waals surface area contributed by atoms with Gasteiger partial charge in [-0.15, -0.1) is 0 Å². The molecule has 0 spiro atoms. The van der Waals surface area contributed by atoms with Crippen LogP contribution in [0.25, 0.3) is 0 Å². The Morgan fingerprint density at radius 2 is 1.89 bits per heavy atom. The summed E-state index contributed by atoms with van der Waals surface area (Å²) in [5.74, 6) is 1.14. The standard InChI is InChI=1S/C21H25NO6/c1-6-22-13(4)18(12(3)19(22)21(24)25-7-2)20(23)14(5)28-15-8-9-16-17(10-15)27-11-26-16/h8-10,14H,6-7,11H2,1-5H3/t14-/m1/s1. The van der Waals surface area contributed by atoms with Crippen molar-refractivity contribution in [3.8, 4) is 17.2 Å².